The summed E-state index contributed by atoms with van der Waals surface area (Å²) in [5.74, 6) is 0.593. The maximum atomic E-state index is 12.3. The van der Waals surface area contributed by atoms with Crippen LogP contribution in [0.4, 0.5) is 0 Å². The summed E-state index contributed by atoms with van der Waals surface area (Å²) >= 11 is 0. The first-order chi connectivity index (χ1) is 13.2. The van der Waals surface area contributed by atoms with Crippen LogP contribution in [0.1, 0.15) is 26.3 Å². The van der Waals surface area contributed by atoms with Crippen molar-refractivity contribution >= 4 is 21.9 Å². The number of benzene rings is 1. The van der Waals surface area contributed by atoms with Crippen LogP contribution in [-0.2, 0) is 14.8 Å². The molecule has 1 aromatic carbocycles. The smallest absolute Gasteiger partial charge is 0.242 e. The first kappa shape index (κ1) is 23.9. The summed E-state index contributed by atoms with van der Waals surface area (Å²) < 4.78 is 27.1. The lowest BCUT2D eigenvalue weighted by atomic mass is 10.2. The van der Waals surface area contributed by atoms with Crippen molar-refractivity contribution in [3.05, 3.63) is 29.8 Å². The van der Waals surface area contributed by atoms with Gasteiger partial charge in [0.15, 0.2) is 5.96 Å². The molecule has 0 aliphatic heterocycles. The second-order valence-electron chi connectivity index (χ2n) is 6.37. The van der Waals surface area contributed by atoms with E-state index in [4.69, 9.17) is 0 Å². The Morgan fingerprint density at radius 2 is 1.71 bits per heavy atom. The first-order valence-electron chi connectivity index (χ1n) is 9.58. The molecule has 0 atom stereocenters. The Balaban J connectivity index is 2.66. The van der Waals surface area contributed by atoms with Crippen molar-refractivity contribution in [2.24, 2.45) is 4.99 Å². The minimum Gasteiger partial charge on any atom is -0.357 e. The van der Waals surface area contributed by atoms with Gasteiger partial charge in [-0.2, -0.15) is 0 Å². The normalized spacial score (nSPS) is 12.0. The number of carbonyl (C=O) groups is 1. The van der Waals surface area contributed by atoms with E-state index < -0.39 is 10.0 Å². The molecule has 1 aromatic rings. The average molecular weight is 412 g/mol. The van der Waals surface area contributed by atoms with Crippen LogP contribution in [-0.4, -0.2) is 76.4 Å². The zero-order valence-electron chi connectivity index (χ0n) is 17.5. The summed E-state index contributed by atoms with van der Waals surface area (Å²) in [7, 11) is -1.77. The number of likely N-dealkylation sites (N-methyl/N-ethyl adjacent to an activating group) is 2. The van der Waals surface area contributed by atoms with Crippen molar-refractivity contribution in [3.8, 4) is 0 Å². The molecular formula is C19H33N5O3S. The Labute approximate surface area is 169 Å². The molecule has 0 saturated carbocycles. The van der Waals surface area contributed by atoms with E-state index in [1.165, 1.54) is 0 Å². The molecule has 0 aromatic heterocycles. The SMILES string of the molecule is CCNC(=NCCNS(=O)(=O)c1ccc(C)cc1)N(C)CC(=O)N(CC)CC. The Morgan fingerprint density at radius 3 is 2.25 bits per heavy atom. The first-order valence-corrected chi connectivity index (χ1v) is 11.1. The highest BCUT2D eigenvalue weighted by atomic mass is 32.2. The van der Waals surface area contributed by atoms with E-state index in [0.29, 0.717) is 25.6 Å². The number of amides is 1. The Hall–Kier alpha value is -2.13. The third kappa shape index (κ3) is 7.47. The molecule has 0 heterocycles. The standard InChI is InChI=1S/C19H33N5O3S/c1-6-20-19(23(5)15-18(25)24(7-2)8-3)21-13-14-22-28(26,27)17-11-9-16(4)10-12-17/h9-12,22H,6-8,13-15H2,1-5H3,(H,20,21). The highest BCUT2D eigenvalue weighted by molar-refractivity contribution is 7.89. The number of hydrogen-bond acceptors (Lipinski definition) is 4. The number of hydrogen-bond donors (Lipinski definition) is 2. The van der Waals surface area contributed by atoms with Gasteiger partial charge < -0.3 is 15.1 Å². The van der Waals surface area contributed by atoms with Crippen molar-refractivity contribution in [2.45, 2.75) is 32.6 Å². The number of nitrogens with one attached hydrogen (secondary N) is 2. The summed E-state index contributed by atoms with van der Waals surface area (Å²) in [4.78, 5) is 20.4. The van der Waals surface area contributed by atoms with E-state index in [2.05, 4.69) is 15.0 Å². The summed E-state index contributed by atoms with van der Waals surface area (Å²) in [6.07, 6.45) is 0. The fraction of sp³-hybridized carbons (Fsp3) is 0.579. The summed E-state index contributed by atoms with van der Waals surface area (Å²) in [5, 5.41) is 3.13. The summed E-state index contributed by atoms with van der Waals surface area (Å²) in [6.45, 7) is 10.4. The van der Waals surface area contributed by atoms with E-state index in [1.807, 2.05) is 27.7 Å². The lowest BCUT2D eigenvalue weighted by Crippen LogP contribution is -2.46. The molecule has 158 valence electrons. The molecule has 0 fully saturated rings. The number of rotatable bonds is 10. The Bertz CT molecular complexity index is 743. The highest BCUT2D eigenvalue weighted by Gasteiger charge is 2.15. The van der Waals surface area contributed by atoms with Crippen molar-refractivity contribution in [3.63, 3.8) is 0 Å². The number of guanidine groups is 1. The third-order valence-electron chi connectivity index (χ3n) is 4.18. The maximum absolute atomic E-state index is 12.3. The Morgan fingerprint density at radius 1 is 1.11 bits per heavy atom. The molecule has 0 aliphatic carbocycles. The van der Waals surface area contributed by atoms with Gasteiger partial charge in [0.25, 0.3) is 0 Å². The summed E-state index contributed by atoms with van der Waals surface area (Å²) in [6, 6.07) is 6.69. The van der Waals surface area contributed by atoms with Crippen molar-refractivity contribution in [1.29, 1.82) is 0 Å². The van der Waals surface area contributed by atoms with Gasteiger partial charge in [-0.1, -0.05) is 17.7 Å². The molecule has 2 N–H and O–H groups in total. The van der Waals surface area contributed by atoms with Gasteiger partial charge in [-0.05, 0) is 39.8 Å². The lowest BCUT2D eigenvalue weighted by Gasteiger charge is -2.25. The monoisotopic (exact) mass is 411 g/mol. The molecule has 0 saturated heterocycles. The number of nitrogens with zero attached hydrogens (tertiary/aromatic N) is 3. The number of sulfonamides is 1. The maximum Gasteiger partial charge on any atom is 0.242 e. The van der Waals surface area contributed by atoms with Crippen LogP contribution in [0, 0.1) is 6.92 Å². The van der Waals surface area contributed by atoms with Crippen LogP contribution in [0.25, 0.3) is 0 Å². The van der Waals surface area contributed by atoms with Gasteiger partial charge in [0.05, 0.1) is 18.0 Å². The largest absolute Gasteiger partial charge is 0.357 e. The quantitative estimate of drug-likeness (QED) is 0.341. The predicted molar refractivity (Wildman–Crippen MR) is 113 cm³/mol. The van der Waals surface area contributed by atoms with E-state index in [-0.39, 0.29) is 30.4 Å². The molecule has 28 heavy (non-hydrogen) atoms. The molecule has 9 heteroatoms. The predicted octanol–water partition coefficient (Wildman–Crippen LogP) is 1.04. The van der Waals surface area contributed by atoms with Crippen LogP contribution >= 0.6 is 0 Å². The van der Waals surface area contributed by atoms with E-state index >= 15 is 0 Å². The zero-order chi connectivity index (χ0) is 21.2. The summed E-state index contributed by atoms with van der Waals surface area (Å²) in [5.41, 5.74) is 1.00. The van der Waals surface area contributed by atoms with E-state index in [1.54, 1.807) is 41.1 Å². The zero-order valence-corrected chi connectivity index (χ0v) is 18.3. The highest BCUT2D eigenvalue weighted by Crippen LogP contribution is 2.09. The van der Waals surface area contributed by atoms with Crippen LogP contribution in [0.3, 0.4) is 0 Å². The van der Waals surface area contributed by atoms with E-state index in [9.17, 15) is 13.2 Å². The van der Waals surface area contributed by atoms with Crippen molar-refractivity contribution in [1.82, 2.24) is 19.8 Å². The van der Waals surface area contributed by atoms with Gasteiger partial charge in [-0.15, -0.1) is 0 Å². The topological polar surface area (TPSA) is 94.1 Å². The van der Waals surface area contributed by atoms with Gasteiger partial charge in [0.1, 0.15) is 0 Å². The van der Waals surface area contributed by atoms with Crippen LogP contribution in [0.15, 0.2) is 34.2 Å². The van der Waals surface area contributed by atoms with Gasteiger partial charge in [-0.25, -0.2) is 13.1 Å². The van der Waals surface area contributed by atoms with E-state index in [0.717, 1.165) is 5.56 Å². The van der Waals surface area contributed by atoms with Gasteiger partial charge in [0.2, 0.25) is 15.9 Å². The Kier molecular flexibility index (Phi) is 9.95. The number of carbonyl (C=O) groups excluding carboxylic acids is 1. The fourth-order valence-electron chi connectivity index (χ4n) is 2.57. The molecule has 8 nitrogen and oxygen atoms in total. The molecule has 1 amide bonds. The van der Waals surface area contributed by atoms with Gasteiger partial charge in [-0.3, -0.25) is 9.79 Å². The van der Waals surface area contributed by atoms with Gasteiger partial charge in [0, 0.05) is 33.2 Å². The molecule has 1 rings (SSSR count). The minimum atomic E-state index is -3.56. The van der Waals surface area contributed by atoms with Crippen molar-refractivity contribution in [2.75, 3.05) is 46.3 Å². The molecule has 0 aliphatic rings. The van der Waals surface area contributed by atoms with Crippen molar-refractivity contribution < 1.29 is 13.2 Å². The molecule has 0 bridgehead atoms. The van der Waals surface area contributed by atoms with Crippen LogP contribution in [0.5, 0.6) is 0 Å². The fourth-order valence-corrected chi connectivity index (χ4v) is 3.59. The van der Waals surface area contributed by atoms with Crippen LogP contribution in [0.2, 0.25) is 0 Å². The average Bonchev–Trinajstić information content (AvgIpc) is 2.65. The lowest BCUT2D eigenvalue weighted by molar-refractivity contribution is -0.131. The number of aliphatic imine (C=N–C) groups is 1. The molecule has 0 radical (unpaired) electrons. The molecular weight excluding hydrogens is 378 g/mol. The minimum absolute atomic E-state index is 0.0261. The molecule has 0 unspecified atom stereocenters. The number of aryl methyl sites for hydroxylation is 1. The second kappa shape index (κ2) is 11.7. The molecule has 0 spiro atoms. The second-order valence-corrected chi connectivity index (χ2v) is 8.14. The van der Waals surface area contributed by atoms with Crippen LogP contribution < -0.4 is 10.0 Å². The van der Waals surface area contributed by atoms with Gasteiger partial charge >= 0.3 is 0 Å². The third-order valence-corrected chi connectivity index (χ3v) is 5.66.